The molecule has 0 radical (unpaired) electrons. The fourth-order valence-electron chi connectivity index (χ4n) is 3.04. The molecule has 2 aromatic rings. The average molecular weight is 372 g/mol. The molecule has 3 amide bonds. The highest BCUT2D eigenvalue weighted by Gasteiger charge is 2.21. The molecule has 3 rings (SSSR count). The Hall–Kier alpha value is -2.53. The second-order valence-corrected chi connectivity index (χ2v) is 6.86. The Morgan fingerprint density at radius 1 is 1.23 bits per heavy atom. The number of amides is 3. The molecule has 5 nitrogen and oxygen atoms in total. The number of hydrogen-bond acceptors (Lipinski definition) is 2. The van der Waals surface area contributed by atoms with Crippen LogP contribution in [0.15, 0.2) is 48.5 Å². The smallest absolute Gasteiger partial charge is 0.315 e. The van der Waals surface area contributed by atoms with E-state index in [1.54, 1.807) is 11.0 Å². The fraction of sp³-hybridized carbons (Fsp3) is 0.300. The molecule has 1 heterocycles. The van der Waals surface area contributed by atoms with Gasteiger partial charge in [0.1, 0.15) is 0 Å². The number of rotatable bonds is 5. The van der Waals surface area contributed by atoms with Gasteiger partial charge in [0.05, 0.1) is 6.04 Å². The van der Waals surface area contributed by atoms with Gasteiger partial charge in [-0.15, -0.1) is 0 Å². The highest BCUT2D eigenvalue weighted by Crippen LogP contribution is 2.22. The van der Waals surface area contributed by atoms with E-state index >= 15 is 0 Å². The lowest BCUT2D eigenvalue weighted by Crippen LogP contribution is -2.36. The van der Waals surface area contributed by atoms with Crippen LogP contribution in [0.2, 0.25) is 5.02 Å². The Kier molecular flexibility index (Phi) is 5.78. The van der Waals surface area contributed by atoms with Crippen molar-refractivity contribution in [1.82, 2.24) is 10.6 Å². The van der Waals surface area contributed by atoms with Crippen molar-refractivity contribution in [2.24, 2.45) is 0 Å². The van der Waals surface area contributed by atoms with Gasteiger partial charge in [-0.2, -0.15) is 0 Å². The third-order valence-electron chi connectivity index (χ3n) is 4.44. The van der Waals surface area contributed by atoms with Crippen LogP contribution in [0.1, 0.15) is 36.9 Å². The summed E-state index contributed by atoms with van der Waals surface area (Å²) in [5.74, 6) is 0.156. The molecule has 26 heavy (non-hydrogen) atoms. The SMILES string of the molecule is C[C@H](NC(=O)NCc1cccc(N2CCCC2=O)c1)c1cccc(Cl)c1. The van der Waals surface area contributed by atoms with Crippen molar-refractivity contribution >= 4 is 29.2 Å². The number of halogens is 1. The van der Waals surface area contributed by atoms with Crippen molar-refractivity contribution < 1.29 is 9.59 Å². The molecule has 2 N–H and O–H groups in total. The van der Waals surface area contributed by atoms with Crippen molar-refractivity contribution in [3.05, 3.63) is 64.7 Å². The van der Waals surface area contributed by atoms with Crippen molar-refractivity contribution in [3.63, 3.8) is 0 Å². The Bertz CT molecular complexity index is 809. The molecule has 1 saturated heterocycles. The summed E-state index contributed by atoms with van der Waals surface area (Å²) in [4.78, 5) is 25.8. The zero-order valence-electron chi connectivity index (χ0n) is 14.7. The third kappa shape index (κ3) is 4.55. The van der Waals surface area contributed by atoms with E-state index in [2.05, 4.69) is 10.6 Å². The average Bonchev–Trinajstić information content (AvgIpc) is 3.06. The first kappa shape index (κ1) is 18.3. The maximum absolute atomic E-state index is 12.2. The van der Waals surface area contributed by atoms with Gasteiger partial charge in [0.2, 0.25) is 5.91 Å². The molecule has 0 bridgehead atoms. The second-order valence-electron chi connectivity index (χ2n) is 6.42. The second kappa shape index (κ2) is 8.23. The first-order valence-corrected chi connectivity index (χ1v) is 9.10. The highest BCUT2D eigenvalue weighted by atomic mass is 35.5. The maximum atomic E-state index is 12.2. The number of anilines is 1. The zero-order valence-corrected chi connectivity index (χ0v) is 15.4. The minimum absolute atomic E-state index is 0.151. The van der Waals surface area contributed by atoms with Crippen LogP contribution in [0.3, 0.4) is 0 Å². The molecule has 0 unspecified atom stereocenters. The van der Waals surface area contributed by atoms with E-state index in [1.807, 2.05) is 49.4 Å². The van der Waals surface area contributed by atoms with E-state index in [-0.39, 0.29) is 18.0 Å². The van der Waals surface area contributed by atoms with E-state index in [4.69, 9.17) is 11.6 Å². The zero-order chi connectivity index (χ0) is 18.5. The molecule has 0 spiro atoms. The lowest BCUT2D eigenvalue weighted by Gasteiger charge is -2.17. The first-order chi connectivity index (χ1) is 12.5. The van der Waals surface area contributed by atoms with Crippen molar-refractivity contribution in [1.29, 1.82) is 0 Å². The molecule has 0 aromatic heterocycles. The third-order valence-corrected chi connectivity index (χ3v) is 4.68. The van der Waals surface area contributed by atoms with E-state index < -0.39 is 0 Å². The molecule has 6 heteroatoms. The summed E-state index contributed by atoms with van der Waals surface area (Å²) in [6.07, 6.45) is 1.50. The van der Waals surface area contributed by atoms with Crippen LogP contribution >= 0.6 is 11.6 Å². The molecule has 136 valence electrons. The molecule has 1 atom stereocenters. The minimum atomic E-state index is -0.250. The summed E-state index contributed by atoms with van der Waals surface area (Å²) in [7, 11) is 0. The highest BCUT2D eigenvalue weighted by molar-refractivity contribution is 6.30. The van der Waals surface area contributed by atoms with Gasteiger partial charge in [-0.05, 0) is 48.7 Å². The molecular formula is C20H22ClN3O2. The normalized spacial score (nSPS) is 15.0. The van der Waals surface area contributed by atoms with Crippen LogP contribution in [0, 0.1) is 0 Å². The van der Waals surface area contributed by atoms with E-state index in [1.165, 1.54) is 0 Å². The van der Waals surface area contributed by atoms with Crippen LogP contribution in [0.4, 0.5) is 10.5 Å². The van der Waals surface area contributed by atoms with Gasteiger partial charge in [0, 0.05) is 30.2 Å². The van der Waals surface area contributed by atoms with Crippen molar-refractivity contribution in [2.75, 3.05) is 11.4 Å². The monoisotopic (exact) mass is 371 g/mol. The lowest BCUT2D eigenvalue weighted by atomic mass is 10.1. The molecule has 1 aliphatic heterocycles. The predicted octanol–water partition coefficient (Wildman–Crippen LogP) is 4.03. The van der Waals surface area contributed by atoms with Crippen LogP contribution in [-0.2, 0) is 11.3 Å². The number of urea groups is 1. The number of carbonyl (C=O) groups excluding carboxylic acids is 2. The van der Waals surface area contributed by atoms with Gasteiger partial charge in [-0.25, -0.2) is 4.79 Å². The molecule has 1 fully saturated rings. The quantitative estimate of drug-likeness (QED) is 0.833. The van der Waals surface area contributed by atoms with Crippen LogP contribution < -0.4 is 15.5 Å². The fourth-order valence-corrected chi connectivity index (χ4v) is 3.24. The van der Waals surface area contributed by atoms with Gasteiger partial charge in [0.25, 0.3) is 0 Å². The summed E-state index contributed by atoms with van der Waals surface area (Å²) in [6.45, 7) is 3.06. The maximum Gasteiger partial charge on any atom is 0.315 e. The van der Waals surface area contributed by atoms with Gasteiger partial charge < -0.3 is 15.5 Å². The number of nitrogens with zero attached hydrogens (tertiary/aromatic N) is 1. The standard InChI is InChI=1S/C20H22ClN3O2/c1-14(16-6-3-7-17(21)12-16)23-20(26)22-13-15-5-2-8-18(11-15)24-10-4-9-19(24)25/h2-3,5-8,11-12,14H,4,9-10,13H2,1H3,(H2,22,23,26)/t14-/m0/s1. The number of nitrogens with one attached hydrogen (secondary N) is 2. The summed E-state index contributed by atoms with van der Waals surface area (Å²) in [6, 6.07) is 14.7. The predicted molar refractivity (Wildman–Crippen MR) is 103 cm³/mol. The first-order valence-electron chi connectivity index (χ1n) is 8.72. The van der Waals surface area contributed by atoms with Gasteiger partial charge >= 0.3 is 6.03 Å². The number of benzene rings is 2. The van der Waals surface area contributed by atoms with E-state index in [0.717, 1.165) is 29.8 Å². The minimum Gasteiger partial charge on any atom is -0.334 e. The summed E-state index contributed by atoms with van der Waals surface area (Å²) >= 11 is 5.99. The van der Waals surface area contributed by atoms with Gasteiger partial charge in [-0.3, -0.25) is 4.79 Å². The van der Waals surface area contributed by atoms with Crippen molar-refractivity contribution in [2.45, 2.75) is 32.4 Å². The van der Waals surface area contributed by atoms with Crippen LogP contribution in [0.5, 0.6) is 0 Å². The number of carbonyl (C=O) groups is 2. The van der Waals surface area contributed by atoms with Gasteiger partial charge in [-0.1, -0.05) is 35.9 Å². The van der Waals surface area contributed by atoms with Crippen molar-refractivity contribution in [3.8, 4) is 0 Å². The Morgan fingerprint density at radius 3 is 2.77 bits per heavy atom. The largest absolute Gasteiger partial charge is 0.334 e. The van der Waals surface area contributed by atoms with E-state index in [9.17, 15) is 9.59 Å². The molecule has 2 aromatic carbocycles. The molecule has 1 aliphatic rings. The van der Waals surface area contributed by atoms with E-state index in [0.29, 0.717) is 18.0 Å². The molecular weight excluding hydrogens is 350 g/mol. The lowest BCUT2D eigenvalue weighted by molar-refractivity contribution is -0.117. The topological polar surface area (TPSA) is 61.4 Å². The molecule has 0 aliphatic carbocycles. The summed E-state index contributed by atoms with van der Waals surface area (Å²) in [5, 5.41) is 6.40. The van der Waals surface area contributed by atoms with Gasteiger partial charge in [0.15, 0.2) is 0 Å². The van der Waals surface area contributed by atoms with Crippen LogP contribution in [-0.4, -0.2) is 18.5 Å². The summed E-state index contributed by atoms with van der Waals surface area (Å²) in [5.41, 5.74) is 2.79. The Morgan fingerprint density at radius 2 is 2.04 bits per heavy atom. The summed E-state index contributed by atoms with van der Waals surface area (Å²) < 4.78 is 0. The Balaban J connectivity index is 1.55. The van der Waals surface area contributed by atoms with Crippen LogP contribution in [0.25, 0.3) is 0 Å². The Labute approximate surface area is 158 Å². The molecule has 0 saturated carbocycles. The number of hydrogen-bond donors (Lipinski definition) is 2.